The molecule has 1 atom stereocenters. The number of hydrogen-bond donors (Lipinski definition) is 1. The van der Waals surface area contributed by atoms with Crippen LogP contribution >= 0.6 is 11.3 Å². The zero-order valence-electron chi connectivity index (χ0n) is 20.0. The van der Waals surface area contributed by atoms with Crippen molar-refractivity contribution in [2.75, 3.05) is 13.1 Å². The van der Waals surface area contributed by atoms with Crippen LogP contribution in [-0.2, 0) is 20.9 Å². The van der Waals surface area contributed by atoms with Crippen LogP contribution in [0.2, 0.25) is 0 Å². The molecule has 0 aliphatic carbocycles. The highest BCUT2D eigenvalue weighted by molar-refractivity contribution is 7.09. The van der Waals surface area contributed by atoms with Gasteiger partial charge in [-0.15, -0.1) is 11.3 Å². The maximum absolute atomic E-state index is 12.6. The molecule has 3 aromatic rings. The summed E-state index contributed by atoms with van der Waals surface area (Å²) in [4.78, 5) is 43.6. The summed E-state index contributed by atoms with van der Waals surface area (Å²) in [5.74, 6) is 4.72. The van der Waals surface area contributed by atoms with Crippen molar-refractivity contribution in [3.63, 3.8) is 0 Å². The molecule has 8 heteroatoms. The maximum atomic E-state index is 12.6. The quantitative estimate of drug-likeness (QED) is 0.410. The lowest BCUT2D eigenvalue weighted by Crippen LogP contribution is -2.39. The third kappa shape index (κ3) is 6.80. The van der Waals surface area contributed by atoms with Gasteiger partial charge in [0.2, 0.25) is 0 Å². The minimum Gasteiger partial charge on any atom is -0.459 e. The fourth-order valence-electron chi connectivity index (χ4n) is 3.82. The van der Waals surface area contributed by atoms with Crippen LogP contribution in [0.4, 0.5) is 0 Å². The fraction of sp³-hybridized carbons (Fsp3) is 0.286. The lowest BCUT2D eigenvalue weighted by atomic mass is 9.97. The number of thiazole rings is 1. The molecular formula is C28H27N3O4S. The van der Waals surface area contributed by atoms with Crippen molar-refractivity contribution in [3.8, 4) is 11.8 Å². The molecule has 7 nitrogen and oxygen atoms in total. The van der Waals surface area contributed by atoms with E-state index in [1.165, 1.54) is 11.3 Å². The largest absolute Gasteiger partial charge is 0.459 e. The Morgan fingerprint density at radius 2 is 1.75 bits per heavy atom. The van der Waals surface area contributed by atoms with Gasteiger partial charge in [-0.2, -0.15) is 0 Å². The molecule has 2 heterocycles. The normalized spacial score (nSPS) is 14.3. The zero-order valence-corrected chi connectivity index (χ0v) is 20.8. The molecular weight excluding hydrogens is 474 g/mol. The van der Waals surface area contributed by atoms with Crippen molar-refractivity contribution in [1.82, 2.24) is 15.2 Å². The highest BCUT2D eigenvalue weighted by Crippen LogP contribution is 2.30. The average Bonchev–Trinajstić information content (AvgIpc) is 3.42. The number of piperidine rings is 1. The number of likely N-dealkylation sites (tertiary alicyclic amines) is 1. The number of hydrogen-bond acceptors (Lipinski definition) is 6. The molecule has 1 aliphatic rings. The molecule has 0 spiro atoms. The van der Waals surface area contributed by atoms with Crippen LogP contribution in [0.1, 0.15) is 52.3 Å². The van der Waals surface area contributed by atoms with Crippen LogP contribution in [0.5, 0.6) is 0 Å². The van der Waals surface area contributed by atoms with E-state index in [4.69, 9.17) is 4.74 Å². The Balaban J connectivity index is 1.24. The Labute approximate surface area is 214 Å². The predicted octanol–water partition coefficient (Wildman–Crippen LogP) is 3.76. The van der Waals surface area contributed by atoms with E-state index in [1.807, 2.05) is 60.7 Å². The number of benzene rings is 2. The SMILES string of the molecule is CC(NC(=O)c1csc(C2CCN(C(=O)C#Cc3ccccc3)CC2)n1)C(=O)OCc1ccccc1. The summed E-state index contributed by atoms with van der Waals surface area (Å²) in [5, 5.41) is 5.23. The third-order valence-electron chi connectivity index (χ3n) is 5.90. The molecule has 1 aromatic heterocycles. The Morgan fingerprint density at radius 3 is 2.44 bits per heavy atom. The molecule has 36 heavy (non-hydrogen) atoms. The van der Waals surface area contributed by atoms with Crippen LogP contribution in [-0.4, -0.2) is 46.8 Å². The number of ether oxygens (including phenoxy) is 1. The first-order valence-corrected chi connectivity index (χ1v) is 12.7. The van der Waals surface area contributed by atoms with Gasteiger partial charge in [0.05, 0.1) is 5.01 Å². The smallest absolute Gasteiger partial charge is 0.328 e. The summed E-state index contributed by atoms with van der Waals surface area (Å²) in [7, 11) is 0. The first kappa shape index (κ1) is 25.1. The molecule has 1 N–H and O–H groups in total. The van der Waals surface area contributed by atoms with E-state index in [-0.39, 0.29) is 24.1 Å². The van der Waals surface area contributed by atoms with Crippen molar-refractivity contribution >= 4 is 29.1 Å². The molecule has 4 rings (SSSR count). The van der Waals surface area contributed by atoms with E-state index < -0.39 is 17.9 Å². The first-order valence-electron chi connectivity index (χ1n) is 11.8. The third-order valence-corrected chi connectivity index (χ3v) is 6.91. The van der Waals surface area contributed by atoms with E-state index in [0.29, 0.717) is 13.1 Å². The second-order valence-electron chi connectivity index (χ2n) is 8.54. The lowest BCUT2D eigenvalue weighted by molar-refractivity contribution is -0.146. The van der Waals surface area contributed by atoms with Gasteiger partial charge in [0, 0.05) is 35.9 Å². The molecule has 1 unspecified atom stereocenters. The number of nitrogens with zero attached hydrogens (tertiary/aromatic N) is 2. The van der Waals surface area contributed by atoms with Gasteiger partial charge in [-0.25, -0.2) is 9.78 Å². The zero-order chi connectivity index (χ0) is 25.3. The number of carbonyl (C=O) groups is 3. The van der Waals surface area contributed by atoms with Crippen molar-refractivity contribution in [1.29, 1.82) is 0 Å². The Morgan fingerprint density at radius 1 is 1.08 bits per heavy atom. The first-order chi connectivity index (χ1) is 17.5. The molecule has 2 aromatic carbocycles. The van der Waals surface area contributed by atoms with E-state index in [2.05, 4.69) is 22.1 Å². The monoisotopic (exact) mass is 501 g/mol. The molecule has 1 aliphatic heterocycles. The molecule has 2 amide bonds. The molecule has 0 radical (unpaired) electrons. The number of amides is 2. The van der Waals surface area contributed by atoms with Crippen molar-refractivity contribution < 1.29 is 19.1 Å². The number of nitrogens with one attached hydrogen (secondary N) is 1. The highest BCUT2D eigenvalue weighted by Gasteiger charge is 2.26. The predicted molar refractivity (Wildman–Crippen MR) is 137 cm³/mol. The molecule has 184 valence electrons. The second kappa shape index (κ2) is 12.1. The van der Waals surface area contributed by atoms with Crippen LogP contribution < -0.4 is 5.32 Å². The summed E-state index contributed by atoms with van der Waals surface area (Å²) in [6.45, 7) is 2.93. The van der Waals surface area contributed by atoms with Gasteiger partial charge < -0.3 is 15.0 Å². The standard InChI is InChI=1S/C28H27N3O4S/c1-20(28(34)35-18-22-10-6-3-7-11-22)29-26(33)24-19-36-27(30-24)23-14-16-31(17-15-23)25(32)13-12-21-8-4-2-5-9-21/h2-11,19-20,23H,14-18H2,1H3,(H,29,33). The minimum atomic E-state index is -0.794. The number of aromatic nitrogens is 1. The van der Waals surface area contributed by atoms with Gasteiger partial charge in [-0.3, -0.25) is 9.59 Å². The van der Waals surface area contributed by atoms with Crippen LogP contribution in [0.15, 0.2) is 66.0 Å². The molecule has 1 saturated heterocycles. The van der Waals surface area contributed by atoms with Crippen LogP contribution in [0, 0.1) is 11.8 Å². The highest BCUT2D eigenvalue weighted by atomic mass is 32.1. The molecule has 1 fully saturated rings. The molecule has 0 bridgehead atoms. The van der Waals surface area contributed by atoms with E-state index in [9.17, 15) is 14.4 Å². The number of carbonyl (C=O) groups excluding carboxylic acids is 3. The van der Waals surface area contributed by atoms with Crippen molar-refractivity contribution in [2.24, 2.45) is 0 Å². The Hall–Kier alpha value is -3.96. The summed E-state index contributed by atoms with van der Waals surface area (Å²) >= 11 is 1.43. The van der Waals surface area contributed by atoms with E-state index >= 15 is 0 Å². The fourth-order valence-corrected chi connectivity index (χ4v) is 4.79. The number of rotatable bonds is 6. The van der Waals surface area contributed by atoms with Crippen LogP contribution in [0.3, 0.4) is 0 Å². The summed E-state index contributed by atoms with van der Waals surface area (Å²) in [6.07, 6.45) is 1.52. The Kier molecular flexibility index (Phi) is 8.48. The minimum absolute atomic E-state index is 0.153. The summed E-state index contributed by atoms with van der Waals surface area (Å²) in [5.41, 5.74) is 1.97. The van der Waals surface area contributed by atoms with Crippen LogP contribution in [0.25, 0.3) is 0 Å². The Bertz CT molecular complexity index is 1260. The second-order valence-corrected chi connectivity index (χ2v) is 9.43. The summed E-state index contributed by atoms with van der Waals surface area (Å²) in [6, 6.07) is 18.0. The van der Waals surface area contributed by atoms with E-state index in [0.717, 1.165) is 29.0 Å². The van der Waals surface area contributed by atoms with Gasteiger partial charge in [-0.05, 0) is 37.5 Å². The molecule has 0 saturated carbocycles. The number of esters is 1. The van der Waals surface area contributed by atoms with Gasteiger partial charge in [0.25, 0.3) is 11.8 Å². The maximum Gasteiger partial charge on any atom is 0.328 e. The average molecular weight is 502 g/mol. The van der Waals surface area contributed by atoms with Gasteiger partial charge in [-0.1, -0.05) is 54.5 Å². The van der Waals surface area contributed by atoms with Gasteiger partial charge in [0.1, 0.15) is 18.3 Å². The van der Waals surface area contributed by atoms with Gasteiger partial charge >= 0.3 is 5.97 Å². The van der Waals surface area contributed by atoms with Crippen molar-refractivity contribution in [2.45, 2.75) is 38.3 Å². The lowest BCUT2D eigenvalue weighted by Gasteiger charge is -2.29. The van der Waals surface area contributed by atoms with Crippen molar-refractivity contribution in [3.05, 3.63) is 87.9 Å². The topological polar surface area (TPSA) is 88.6 Å². The van der Waals surface area contributed by atoms with E-state index in [1.54, 1.807) is 17.2 Å². The van der Waals surface area contributed by atoms with Gasteiger partial charge in [0.15, 0.2) is 0 Å². The summed E-state index contributed by atoms with van der Waals surface area (Å²) < 4.78 is 5.29.